The van der Waals surface area contributed by atoms with Gasteiger partial charge in [-0.1, -0.05) is 31.4 Å². The quantitative estimate of drug-likeness (QED) is 0.675. The Morgan fingerprint density at radius 3 is 2.92 bits per heavy atom. The summed E-state index contributed by atoms with van der Waals surface area (Å²) in [6, 6.07) is 0. The highest BCUT2D eigenvalue weighted by Crippen LogP contribution is 2.02. The molecule has 2 N–H and O–H groups in total. The van der Waals surface area contributed by atoms with Crippen molar-refractivity contribution in [1.82, 2.24) is 15.0 Å². The lowest BCUT2D eigenvalue weighted by molar-refractivity contribution is 0.512. The standard InChI is InChI=1S/C9H18N4/c1-2-3-4-5-6-13-9(7-10)8-11-12-13/h8H,2-7,10H2,1H3. The number of nitrogens with zero attached hydrogens (tertiary/aromatic N) is 3. The van der Waals surface area contributed by atoms with Crippen LogP contribution in [0.3, 0.4) is 0 Å². The second-order valence-electron chi connectivity index (χ2n) is 3.21. The van der Waals surface area contributed by atoms with Crippen LogP contribution < -0.4 is 5.73 Å². The molecular weight excluding hydrogens is 164 g/mol. The van der Waals surface area contributed by atoms with E-state index in [1.165, 1.54) is 25.7 Å². The summed E-state index contributed by atoms with van der Waals surface area (Å²) in [7, 11) is 0. The van der Waals surface area contributed by atoms with Gasteiger partial charge in [-0.05, 0) is 6.42 Å². The topological polar surface area (TPSA) is 56.7 Å². The number of hydrogen-bond donors (Lipinski definition) is 1. The van der Waals surface area contributed by atoms with E-state index in [2.05, 4.69) is 17.2 Å². The number of aryl methyl sites for hydroxylation is 1. The van der Waals surface area contributed by atoms with E-state index in [9.17, 15) is 0 Å². The Kier molecular flexibility index (Phi) is 4.46. The van der Waals surface area contributed by atoms with E-state index in [1.54, 1.807) is 6.20 Å². The van der Waals surface area contributed by atoms with Crippen LogP contribution in [0.1, 0.15) is 38.3 Å². The minimum Gasteiger partial charge on any atom is -0.325 e. The molecule has 1 rings (SSSR count). The summed E-state index contributed by atoms with van der Waals surface area (Å²) < 4.78 is 1.90. The van der Waals surface area contributed by atoms with Gasteiger partial charge in [0.1, 0.15) is 0 Å². The fraction of sp³-hybridized carbons (Fsp3) is 0.778. The predicted molar refractivity (Wildman–Crippen MR) is 52.1 cm³/mol. The average molecular weight is 182 g/mol. The summed E-state index contributed by atoms with van der Waals surface area (Å²) in [5.41, 5.74) is 6.55. The zero-order valence-corrected chi connectivity index (χ0v) is 8.24. The number of aromatic nitrogens is 3. The summed E-state index contributed by atoms with van der Waals surface area (Å²) in [6.45, 7) is 3.69. The molecular formula is C9H18N4. The van der Waals surface area contributed by atoms with Crippen LogP contribution >= 0.6 is 0 Å². The van der Waals surface area contributed by atoms with Gasteiger partial charge in [-0.2, -0.15) is 0 Å². The summed E-state index contributed by atoms with van der Waals surface area (Å²) in [5, 5.41) is 7.80. The van der Waals surface area contributed by atoms with Crippen LogP contribution in [0.2, 0.25) is 0 Å². The molecule has 0 aromatic carbocycles. The molecule has 13 heavy (non-hydrogen) atoms. The van der Waals surface area contributed by atoms with Crippen LogP contribution in [0, 0.1) is 0 Å². The fourth-order valence-electron chi connectivity index (χ4n) is 1.31. The zero-order chi connectivity index (χ0) is 9.52. The summed E-state index contributed by atoms with van der Waals surface area (Å²) >= 11 is 0. The van der Waals surface area contributed by atoms with Crippen molar-refractivity contribution in [2.45, 2.75) is 45.7 Å². The molecule has 0 bridgehead atoms. The Bertz CT molecular complexity index is 231. The van der Waals surface area contributed by atoms with Crippen LogP contribution in [0.15, 0.2) is 6.20 Å². The highest BCUT2D eigenvalue weighted by Gasteiger charge is 1.99. The zero-order valence-electron chi connectivity index (χ0n) is 8.24. The Hall–Kier alpha value is -0.900. The van der Waals surface area contributed by atoms with Crippen LogP contribution in [-0.2, 0) is 13.1 Å². The van der Waals surface area contributed by atoms with Crippen LogP contribution in [0.25, 0.3) is 0 Å². The molecule has 0 atom stereocenters. The first-order valence-electron chi connectivity index (χ1n) is 4.96. The van der Waals surface area contributed by atoms with Crippen LogP contribution in [-0.4, -0.2) is 15.0 Å². The van der Waals surface area contributed by atoms with Crippen molar-refractivity contribution >= 4 is 0 Å². The highest BCUT2D eigenvalue weighted by molar-refractivity contribution is 4.91. The fourth-order valence-corrected chi connectivity index (χ4v) is 1.31. The molecule has 0 fully saturated rings. The van der Waals surface area contributed by atoms with E-state index in [-0.39, 0.29) is 0 Å². The largest absolute Gasteiger partial charge is 0.325 e. The number of hydrogen-bond acceptors (Lipinski definition) is 3. The van der Waals surface area contributed by atoms with E-state index < -0.39 is 0 Å². The van der Waals surface area contributed by atoms with Crippen molar-refractivity contribution in [3.05, 3.63) is 11.9 Å². The third kappa shape index (κ3) is 3.14. The van der Waals surface area contributed by atoms with Gasteiger partial charge in [0.15, 0.2) is 0 Å². The normalized spacial score (nSPS) is 10.6. The first-order valence-corrected chi connectivity index (χ1v) is 4.96. The van der Waals surface area contributed by atoms with Crippen molar-refractivity contribution in [3.63, 3.8) is 0 Å². The average Bonchev–Trinajstić information content (AvgIpc) is 2.60. The third-order valence-corrected chi connectivity index (χ3v) is 2.13. The van der Waals surface area contributed by atoms with Crippen LogP contribution in [0.5, 0.6) is 0 Å². The lowest BCUT2D eigenvalue weighted by Crippen LogP contribution is -2.08. The van der Waals surface area contributed by atoms with Gasteiger partial charge < -0.3 is 5.73 Å². The Morgan fingerprint density at radius 1 is 1.38 bits per heavy atom. The van der Waals surface area contributed by atoms with Gasteiger partial charge in [-0.25, -0.2) is 4.68 Å². The van der Waals surface area contributed by atoms with Crippen molar-refractivity contribution in [2.24, 2.45) is 5.73 Å². The van der Waals surface area contributed by atoms with Gasteiger partial charge in [-0.3, -0.25) is 0 Å². The maximum atomic E-state index is 5.52. The molecule has 0 saturated heterocycles. The molecule has 0 radical (unpaired) electrons. The number of unbranched alkanes of at least 4 members (excludes halogenated alkanes) is 3. The summed E-state index contributed by atoms with van der Waals surface area (Å²) in [5.74, 6) is 0. The van der Waals surface area contributed by atoms with E-state index in [0.29, 0.717) is 6.54 Å². The molecule has 4 nitrogen and oxygen atoms in total. The van der Waals surface area contributed by atoms with Crippen molar-refractivity contribution in [3.8, 4) is 0 Å². The van der Waals surface area contributed by atoms with E-state index in [0.717, 1.165) is 12.2 Å². The van der Waals surface area contributed by atoms with Gasteiger partial charge in [0.05, 0.1) is 11.9 Å². The predicted octanol–water partition coefficient (Wildman–Crippen LogP) is 1.32. The molecule has 0 aliphatic heterocycles. The second-order valence-corrected chi connectivity index (χ2v) is 3.21. The highest BCUT2D eigenvalue weighted by atomic mass is 15.4. The number of rotatable bonds is 6. The molecule has 0 amide bonds. The lowest BCUT2D eigenvalue weighted by Gasteiger charge is -2.03. The minimum atomic E-state index is 0.529. The van der Waals surface area contributed by atoms with Crippen molar-refractivity contribution in [1.29, 1.82) is 0 Å². The molecule has 0 saturated carbocycles. The smallest absolute Gasteiger partial charge is 0.0738 e. The molecule has 0 aliphatic rings. The van der Waals surface area contributed by atoms with Gasteiger partial charge in [0.25, 0.3) is 0 Å². The molecule has 0 unspecified atom stereocenters. The minimum absolute atomic E-state index is 0.529. The SMILES string of the molecule is CCCCCCn1nncc1CN. The lowest BCUT2D eigenvalue weighted by atomic mass is 10.2. The molecule has 1 heterocycles. The molecule has 0 spiro atoms. The molecule has 74 valence electrons. The van der Waals surface area contributed by atoms with E-state index in [4.69, 9.17) is 5.73 Å². The molecule has 0 aliphatic carbocycles. The first kappa shape index (κ1) is 10.2. The van der Waals surface area contributed by atoms with E-state index >= 15 is 0 Å². The Labute approximate surface area is 79.1 Å². The summed E-state index contributed by atoms with van der Waals surface area (Å²) in [4.78, 5) is 0. The summed E-state index contributed by atoms with van der Waals surface area (Å²) in [6.07, 6.45) is 6.73. The van der Waals surface area contributed by atoms with Crippen LogP contribution in [0.4, 0.5) is 0 Å². The monoisotopic (exact) mass is 182 g/mol. The Balaban J connectivity index is 2.27. The first-order chi connectivity index (χ1) is 6.38. The molecule has 4 heteroatoms. The maximum absolute atomic E-state index is 5.52. The van der Waals surface area contributed by atoms with Crippen molar-refractivity contribution in [2.75, 3.05) is 0 Å². The van der Waals surface area contributed by atoms with Crippen molar-refractivity contribution < 1.29 is 0 Å². The maximum Gasteiger partial charge on any atom is 0.0738 e. The van der Waals surface area contributed by atoms with Gasteiger partial charge in [0, 0.05) is 13.1 Å². The van der Waals surface area contributed by atoms with Gasteiger partial charge >= 0.3 is 0 Å². The third-order valence-electron chi connectivity index (χ3n) is 2.13. The molecule has 1 aromatic rings. The number of nitrogens with two attached hydrogens (primary N) is 1. The second kappa shape index (κ2) is 5.70. The van der Waals surface area contributed by atoms with Gasteiger partial charge in [0.2, 0.25) is 0 Å². The Morgan fingerprint density at radius 2 is 2.23 bits per heavy atom. The van der Waals surface area contributed by atoms with Gasteiger partial charge in [-0.15, -0.1) is 5.10 Å². The molecule has 1 aromatic heterocycles. The van der Waals surface area contributed by atoms with E-state index in [1.807, 2.05) is 4.68 Å².